The van der Waals surface area contributed by atoms with E-state index in [9.17, 15) is 13.6 Å². The molecule has 0 atom stereocenters. The van der Waals surface area contributed by atoms with Gasteiger partial charge < -0.3 is 10.3 Å². The maximum atomic E-state index is 14.7. The van der Waals surface area contributed by atoms with Crippen molar-refractivity contribution in [3.05, 3.63) is 89.5 Å². The molecule has 2 N–H and O–H groups in total. The lowest BCUT2D eigenvalue weighted by Gasteiger charge is -2.10. The van der Waals surface area contributed by atoms with Gasteiger partial charge >= 0.3 is 0 Å². The molecule has 5 aromatic rings. The van der Waals surface area contributed by atoms with Crippen molar-refractivity contribution in [2.45, 2.75) is 25.7 Å². The number of carbonyl (C=O) groups excluding carboxylic acids is 1. The molecule has 3 aromatic heterocycles. The number of hydrogen-bond donors (Lipinski definition) is 2. The molecule has 0 aliphatic heterocycles. The number of hydrogen-bond acceptors (Lipinski definition) is 4. The van der Waals surface area contributed by atoms with Crippen molar-refractivity contribution in [2.24, 2.45) is 0 Å². The molecule has 1 aliphatic carbocycles. The third kappa shape index (κ3) is 3.95. The van der Waals surface area contributed by atoms with Gasteiger partial charge in [0.05, 0.1) is 22.8 Å². The molecule has 0 bridgehead atoms. The average molecular weight is 470 g/mol. The van der Waals surface area contributed by atoms with E-state index in [4.69, 9.17) is 0 Å². The lowest BCUT2D eigenvalue weighted by Crippen LogP contribution is -2.13. The van der Waals surface area contributed by atoms with Crippen molar-refractivity contribution in [1.82, 2.24) is 24.8 Å². The number of benzene rings is 2. The third-order valence-corrected chi connectivity index (χ3v) is 6.22. The van der Waals surface area contributed by atoms with E-state index in [0.717, 1.165) is 29.8 Å². The van der Waals surface area contributed by atoms with Crippen molar-refractivity contribution in [3.63, 3.8) is 0 Å². The minimum atomic E-state index is -0.441. The Morgan fingerprint density at radius 1 is 1.06 bits per heavy atom. The highest BCUT2D eigenvalue weighted by Gasteiger charge is 2.28. The number of aromatic nitrogens is 5. The van der Waals surface area contributed by atoms with Crippen LogP contribution in [0.15, 0.2) is 60.9 Å². The molecule has 2 aromatic carbocycles. The molecule has 6 rings (SSSR count). The molecule has 1 amide bonds. The van der Waals surface area contributed by atoms with E-state index in [0.29, 0.717) is 34.1 Å². The van der Waals surface area contributed by atoms with Gasteiger partial charge in [-0.25, -0.2) is 13.3 Å². The topological polar surface area (TPSA) is 88.0 Å². The molecular formula is C26H20F2N6O. The van der Waals surface area contributed by atoms with Gasteiger partial charge in [0, 0.05) is 23.4 Å². The normalized spacial score (nSPS) is 13.3. The number of nitrogens with zero attached hydrogens (tertiary/aromatic N) is 4. The van der Waals surface area contributed by atoms with Crippen molar-refractivity contribution >= 4 is 17.1 Å². The van der Waals surface area contributed by atoms with Crippen LogP contribution in [0.1, 0.15) is 40.5 Å². The van der Waals surface area contributed by atoms with Crippen molar-refractivity contribution < 1.29 is 13.6 Å². The lowest BCUT2D eigenvalue weighted by atomic mass is 10.1. The first-order chi connectivity index (χ1) is 17.0. The summed E-state index contributed by atoms with van der Waals surface area (Å²) in [5.74, 6) is 0.345. The molecule has 174 valence electrons. The third-order valence-electron chi connectivity index (χ3n) is 6.22. The van der Waals surface area contributed by atoms with Crippen LogP contribution < -0.4 is 5.32 Å². The van der Waals surface area contributed by atoms with Gasteiger partial charge in [-0.1, -0.05) is 18.2 Å². The number of carbonyl (C=O) groups is 1. The molecule has 0 spiro atoms. The second kappa shape index (κ2) is 8.12. The van der Waals surface area contributed by atoms with Crippen LogP contribution in [0.5, 0.6) is 0 Å². The van der Waals surface area contributed by atoms with Crippen molar-refractivity contribution in [3.8, 4) is 22.5 Å². The molecule has 35 heavy (non-hydrogen) atoms. The summed E-state index contributed by atoms with van der Waals surface area (Å²) in [6, 6.07) is 12.7. The van der Waals surface area contributed by atoms with Gasteiger partial charge in [0.1, 0.15) is 17.5 Å². The number of H-pyrrole nitrogens is 1. The fourth-order valence-electron chi connectivity index (χ4n) is 4.09. The smallest absolute Gasteiger partial charge is 0.259 e. The highest BCUT2D eigenvalue weighted by Crippen LogP contribution is 2.38. The Morgan fingerprint density at radius 2 is 1.83 bits per heavy atom. The Morgan fingerprint density at radius 3 is 2.60 bits per heavy atom. The number of amides is 1. The van der Waals surface area contributed by atoms with E-state index in [-0.39, 0.29) is 17.3 Å². The molecule has 1 aliphatic rings. The van der Waals surface area contributed by atoms with Crippen molar-refractivity contribution in [2.75, 3.05) is 5.32 Å². The van der Waals surface area contributed by atoms with Gasteiger partial charge in [-0.15, -0.1) is 10.2 Å². The number of halogens is 2. The van der Waals surface area contributed by atoms with E-state index in [2.05, 4.69) is 25.6 Å². The monoisotopic (exact) mass is 470 g/mol. The van der Waals surface area contributed by atoms with E-state index in [1.54, 1.807) is 41.9 Å². The minimum absolute atomic E-state index is 0.245. The van der Waals surface area contributed by atoms with Crippen LogP contribution >= 0.6 is 0 Å². The first kappa shape index (κ1) is 21.2. The molecular weight excluding hydrogens is 450 g/mol. The second-order valence-electron chi connectivity index (χ2n) is 8.75. The number of rotatable bonds is 5. The average Bonchev–Trinajstić information content (AvgIpc) is 3.42. The van der Waals surface area contributed by atoms with Crippen LogP contribution in [-0.2, 0) is 0 Å². The summed E-state index contributed by atoms with van der Waals surface area (Å²) < 4.78 is 29.6. The van der Waals surface area contributed by atoms with Gasteiger partial charge in [-0.2, -0.15) is 5.10 Å². The van der Waals surface area contributed by atoms with Crippen LogP contribution in [0, 0.1) is 18.6 Å². The predicted molar refractivity (Wildman–Crippen MR) is 127 cm³/mol. The summed E-state index contributed by atoms with van der Waals surface area (Å²) in [7, 11) is 0. The number of nitrogens with one attached hydrogen (secondary N) is 2. The number of anilines is 1. The van der Waals surface area contributed by atoms with Gasteiger partial charge in [0.25, 0.3) is 5.91 Å². The van der Waals surface area contributed by atoms with Gasteiger partial charge in [-0.05, 0) is 61.2 Å². The van der Waals surface area contributed by atoms with Crippen LogP contribution in [0.4, 0.5) is 14.5 Å². The maximum absolute atomic E-state index is 14.7. The lowest BCUT2D eigenvalue weighted by molar-refractivity contribution is 0.102. The fraction of sp³-hybridized carbons (Fsp3) is 0.154. The Kier molecular flexibility index (Phi) is 4.91. The van der Waals surface area contributed by atoms with Gasteiger partial charge in [0.2, 0.25) is 0 Å². The first-order valence-corrected chi connectivity index (χ1v) is 11.2. The van der Waals surface area contributed by atoms with Crippen LogP contribution in [-0.4, -0.2) is 30.7 Å². The van der Waals surface area contributed by atoms with Crippen LogP contribution in [0.25, 0.3) is 28.0 Å². The second-order valence-corrected chi connectivity index (χ2v) is 8.75. The Balaban J connectivity index is 1.29. The Labute approximate surface area is 198 Å². The summed E-state index contributed by atoms with van der Waals surface area (Å²) in [5.41, 5.74) is 3.95. The summed E-state index contributed by atoms with van der Waals surface area (Å²) in [5, 5.41) is 15.4. The summed E-state index contributed by atoms with van der Waals surface area (Å²) >= 11 is 0. The highest BCUT2D eigenvalue weighted by molar-refractivity contribution is 6.09. The summed E-state index contributed by atoms with van der Waals surface area (Å²) in [6.07, 6.45) is 5.37. The zero-order valence-corrected chi connectivity index (χ0v) is 18.7. The largest absolute Gasteiger partial charge is 0.325 e. The number of aromatic amines is 1. The molecule has 0 saturated heterocycles. The Bertz CT molecular complexity index is 1580. The Hall–Kier alpha value is -4.40. The quantitative estimate of drug-likeness (QED) is 0.355. The van der Waals surface area contributed by atoms with Crippen molar-refractivity contribution in [1.29, 1.82) is 0 Å². The first-order valence-electron chi connectivity index (χ1n) is 11.2. The highest BCUT2D eigenvalue weighted by atomic mass is 19.1. The van der Waals surface area contributed by atoms with E-state index in [1.807, 2.05) is 6.07 Å². The molecule has 1 saturated carbocycles. The summed E-state index contributed by atoms with van der Waals surface area (Å²) in [6.45, 7) is 1.73. The van der Waals surface area contributed by atoms with Gasteiger partial charge in [-0.3, -0.25) is 4.79 Å². The maximum Gasteiger partial charge on any atom is 0.259 e. The number of fused-ring (bicyclic) bond motifs is 1. The molecule has 1 fully saturated rings. The number of pyridine rings is 1. The zero-order valence-electron chi connectivity index (χ0n) is 18.7. The van der Waals surface area contributed by atoms with E-state index < -0.39 is 5.82 Å². The molecule has 3 heterocycles. The standard InChI is InChI=1S/C26H20F2N6O/c1-14-10-21(28)19(25-31-24(32-33-25)16-2-3-16)11-22(14)30-26(35)20-12-29-34-13-17(6-9-23(20)34)15-4-7-18(27)8-5-15/h4-13,16H,2-3H2,1H3,(H,30,35)(H,31,32,33). The molecule has 0 unspecified atom stereocenters. The van der Waals surface area contributed by atoms with Crippen LogP contribution in [0.2, 0.25) is 0 Å². The van der Waals surface area contributed by atoms with Crippen LogP contribution in [0.3, 0.4) is 0 Å². The molecule has 9 heteroatoms. The van der Waals surface area contributed by atoms with E-state index in [1.165, 1.54) is 24.4 Å². The SMILES string of the molecule is Cc1cc(F)c(-c2nnc(C3CC3)[nH]2)cc1NC(=O)c1cnn2cc(-c3ccc(F)cc3)ccc12. The van der Waals surface area contributed by atoms with Gasteiger partial charge in [0.15, 0.2) is 5.82 Å². The molecule has 7 nitrogen and oxygen atoms in total. The predicted octanol–water partition coefficient (Wildman–Crippen LogP) is 5.50. The summed E-state index contributed by atoms with van der Waals surface area (Å²) in [4.78, 5) is 16.2. The number of aryl methyl sites for hydroxylation is 1. The minimum Gasteiger partial charge on any atom is -0.325 e. The zero-order chi connectivity index (χ0) is 24.1. The molecule has 0 radical (unpaired) electrons. The fourth-order valence-corrected chi connectivity index (χ4v) is 4.09. The van der Waals surface area contributed by atoms with E-state index >= 15 is 0 Å².